The van der Waals surface area contributed by atoms with Crippen LogP contribution in [0.1, 0.15) is 44.7 Å². The highest BCUT2D eigenvalue weighted by Crippen LogP contribution is 2.30. The first-order valence-electron chi connectivity index (χ1n) is 12.6. The Kier molecular flexibility index (Phi) is 8.79. The van der Waals surface area contributed by atoms with E-state index in [0.717, 1.165) is 41.6 Å². The van der Waals surface area contributed by atoms with Crippen LogP contribution in [-0.2, 0) is 23.1 Å². The molecule has 0 atom stereocenters. The second-order valence-corrected chi connectivity index (χ2v) is 11.0. The van der Waals surface area contributed by atoms with E-state index in [0.29, 0.717) is 37.2 Å². The second kappa shape index (κ2) is 12.1. The van der Waals surface area contributed by atoms with Crippen molar-refractivity contribution in [1.29, 1.82) is 0 Å². The smallest absolute Gasteiger partial charge is 0.376 e. The van der Waals surface area contributed by atoms with Gasteiger partial charge in [-0.25, -0.2) is 0 Å². The number of unbranched alkanes of at least 4 members (excludes halogenated alkanes) is 1. The maximum Gasteiger partial charge on any atom is 0.534 e. The van der Waals surface area contributed by atoms with E-state index in [9.17, 15) is 31.2 Å². The van der Waals surface area contributed by atoms with Gasteiger partial charge in [-0.15, -0.1) is 0 Å². The molecule has 40 heavy (non-hydrogen) atoms. The maximum absolute atomic E-state index is 12.6. The molecule has 0 saturated carbocycles. The highest BCUT2D eigenvalue weighted by atomic mass is 32.2. The molecule has 3 aromatic rings. The Bertz CT molecular complexity index is 1490. The van der Waals surface area contributed by atoms with Crippen LogP contribution in [0.5, 0.6) is 5.75 Å². The molecule has 3 aromatic carbocycles. The van der Waals surface area contributed by atoms with E-state index in [2.05, 4.69) is 14.4 Å². The molecule has 12 heteroatoms. The van der Waals surface area contributed by atoms with E-state index in [1.54, 1.807) is 48.5 Å². The van der Waals surface area contributed by atoms with Gasteiger partial charge in [-0.05, 0) is 84.5 Å². The largest absolute Gasteiger partial charge is 0.534 e. The number of rotatable bonds is 10. The van der Waals surface area contributed by atoms with Crippen molar-refractivity contribution >= 4 is 21.9 Å². The molecule has 0 unspecified atom stereocenters. The van der Waals surface area contributed by atoms with Gasteiger partial charge >= 0.3 is 15.6 Å². The van der Waals surface area contributed by atoms with Gasteiger partial charge in [0.25, 0.3) is 5.91 Å². The molecule has 8 nitrogen and oxygen atoms in total. The number of hydrogen-bond donors (Lipinski definition) is 2. The van der Waals surface area contributed by atoms with E-state index in [1.807, 2.05) is 6.07 Å². The molecule has 4 rings (SSSR count). The molecule has 1 aliphatic rings. The third kappa shape index (κ3) is 7.19. The lowest BCUT2D eigenvalue weighted by molar-refractivity contribution is -0.0500. The molecule has 0 aromatic heterocycles. The second-order valence-electron chi connectivity index (χ2n) is 9.43. The van der Waals surface area contributed by atoms with Crippen molar-refractivity contribution in [2.75, 3.05) is 19.6 Å². The number of benzene rings is 3. The lowest BCUT2D eigenvalue weighted by atomic mass is 9.99. The first kappa shape index (κ1) is 29.1. The van der Waals surface area contributed by atoms with E-state index < -0.39 is 21.5 Å². The third-order valence-electron chi connectivity index (χ3n) is 6.57. The fourth-order valence-corrected chi connectivity index (χ4v) is 4.89. The Morgan fingerprint density at radius 3 is 2.38 bits per heavy atom. The summed E-state index contributed by atoms with van der Waals surface area (Å²) in [6, 6.07) is 18.1. The predicted octanol–water partition coefficient (Wildman–Crippen LogP) is 4.25. The zero-order valence-electron chi connectivity index (χ0n) is 21.4. The summed E-state index contributed by atoms with van der Waals surface area (Å²) < 4.78 is 64.7. The van der Waals surface area contributed by atoms with E-state index >= 15 is 0 Å². The Hall–Kier alpha value is -3.90. The Morgan fingerprint density at radius 1 is 0.925 bits per heavy atom. The lowest BCUT2D eigenvalue weighted by Crippen LogP contribution is -2.32. The fourth-order valence-electron chi connectivity index (χ4n) is 4.44. The van der Waals surface area contributed by atoms with Crippen LogP contribution in [0.15, 0.2) is 66.7 Å². The van der Waals surface area contributed by atoms with Gasteiger partial charge in [-0.2, -0.15) is 21.6 Å². The van der Waals surface area contributed by atoms with Gasteiger partial charge < -0.3 is 15.2 Å². The fraction of sp³-hybridized carbons (Fsp3) is 0.286. The first-order chi connectivity index (χ1) is 18.9. The summed E-state index contributed by atoms with van der Waals surface area (Å²) in [6.45, 7) is 2.40. The van der Waals surface area contributed by atoms with Gasteiger partial charge in [0.1, 0.15) is 5.75 Å². The summed E-state index contributed by atoms with van der Waals surface area (Å²) in [5.41, 5.74) is 4.09. The zero-order chi connectivity index (χ0) is 28.9. The molecule has 0 bridgehead atoms. The molecule has 2 amide bonds. The number of amides is 2. The van der Waals surface area contributed by atoms with Crippen LogP contribution in [-0.4, -0.2) is 50.3 Å². The Labute approximate surface area is 230 Å². The van der Waals surface area contributed by atoms with Crippen molar-refractivity contribution in [3.8, 4) is 16.9 Å². The summed E-state index contributed by atoms with van der Waals surface area (Å²) in [5, 5.41) is 2.89. The van der Waals surface area contributed by atoms with E-state index in [1.165, 1.54) is 12.1 Å². The molecule has 3 N–H and O–H groups in total. The molecule has 212 valence electrons. The summed E-state index contributed by atoms with van der Waals surface area (Å²) in [6.07, 6.45) is 2.19. The van der Waals surface area contributed by atoms with Crippen LogP contribution in [0, 0.1) is 0 Å². The first-order valence-corrected chi connectivity index (χ1v) is 14.0. The number of carbonyl (C=O) groups is 2. The summed E-state index contributed by atoms with van der Waals surface area (Å²) in [4.78, 5) is 26.1. The Balaban J connectivity index is 1.22. The molecular weight excluding hydrogens is 547 g/mol. The number of carbonyl (C=O) groups excluding carboxylic acids is 2. The number of hydrogen-bond acceptors (Lipinski definition) is 6. The number of nitrogens with zero attached hydrogens (tertiary/aromatic N) is 1. The normalized spacial score (nSPS) is 13.9. The molecule has 0 fully saturated rings. The highest BCUT2D eigenvalue weighted by Gasteiger charge is 2.48. The molecule has 0 radical (unpaired) electrons. The minimum atomic E-state index is -5.72. The monoisotopic (exact) mass is 575 g/mol. The molecule has 1 aliphatic heterocycles. The number of halogens is 3. The average Bonchev–Trinajstić information content (AvgIpc) is 2.92. The van der Waals surface area contributed by atoms with Gasteiger partial charge in [0, 0.05) is 30.8 Å². The van der Waals surface area contributed by atoms with Crippen LogP contribution in [0.25, 0.3) is 11.1 Å². The van der Waals surface area contributed by atoms with Gasteiger partial charge in [-0.1, -0.05) is 30.3 Å². The standard InChI is InChI=1S/C28H28F3N3O5S/c29-28(30,31)40(37,38)39-25-11-10-20-12-15-34(18-24(20)17-25)14-2-1-13-33-27(36)21-8-6-19(7-9-21)22-4-3-5-23(16-22)26(32)35/h3-11,16-17H,1-2,12-15,18H2,(H2,32,35)(H,33,36). The summed E-state index contributed by atoms with van der Waals surface area (Å²) in [5.74, 6) is -1.08. The quantitative estimate of drug-likeness (QED) is 0.212. The van der Waals surface area contributed by atoms with Crippen LogP contribution < -0.4 is 15.2 Å². The molecule has 0 aliphatic carbocycles. The van der Waals surface area contributed by atoms with E-state index in [-0.39, 0.29) is 11.7 Å². The minimum absolute atomic E-state index is 0.203. The lowest BCUT2D eigenvalue weighted by Gasteiger charge is -2.29. The van der Waals surface area contributed by atoms with E-state index in [4.69, 9.17) is 5.73 Å². The van der Waals surface area contributed by atoms with Crippen LogP contribution >= 0.6 is 0 Å². The van der Waals surface area contributed by atoms with Gasteiger partial charge in [0.2, 0.25) is 5.91 Å². The SMILES string of the molecule is NC(=O)c1cccc(-c2ccc(C(=O)NCCCCN3CCc4ccc(OS(=O)(=O)C(F)(F)F)cc4C3)cc2)c1. The highest BCUT2D eigenvalue weighted by molar-refractivity contribution is 7.88. The summed E-state index contributed by atoms with van der Waals surface area (Å²) >= 11 is 0. The van der Waals surface area contributed by atoms with Crippen LogP contribution in [0.2, 0.25) is 0 Å². The Morgan fingerprint density at radius 2 is 1.68 bits per heavy atom. The van der Waals surface area contributed by atoms with Gasteiger partial charge in [0.15, 0.2) is 0 Å². The average molecular weight is 576 g/mol. The molecule has 0 saturated heterocycles. The van der Waals surface area contributed by atoms with Crippen molar-refractivity contribution in [2.24, 2.45) is 5.73 Å². The number of alkyl halides is 3. The van der Waals surface area contributed by atoms with Gasteiger partial charge in [0.05, 0.1) is 0 Å². The maximum atomic E-state index is 12.6. The van der Waals surface area contributed by atoms with Crippen molar-refractivity contribution in [1.82, 2.24) is 10.2 Å². The topological polar surface area (TPSA) is 119 Å². The minimum Gasteiger partial charge on any atom is -0.376 e. The number of nitrogens with one attached hydrogen (secondary N) is 1. The zero-order valence-corrected chi connectivity index (χ0v) is 22.2. The summed E-state index contributed by atoms with van der Waals surface area (Å²) in [7, 11) is -5.72. The van der Waals surface area contributed by atoms with Crippen molar-refractivity contribution in [2.45, 2.75) is 31.3 Å². The van der Waals surface area contributed by atoms with Crippen LogP contribution in [0.4, 0.5) is 13.2 Å². The molecular formula is C28H28F3N3O5S. The molecule has 1 heterocycles. The number of primary amides is 1. The third-order valence-corrected chi connectivity index (χ3v) is 7.55. The van der Waals surface area contributed by atoms with Crippen molar-refractivity contribution < 1.29 is 35.4 Å². The number of nitrogens with two attached hydrogens (primary N) is 1. The van der Waals surface area contributed by atoms with Crippen LogP contribution in [0.3, 0.4) is 0 Å². The predicted molar refractivity (Wildman–Crippen MR) is 143 cm³/mol. The van der Waals surface area contributed by atoms with Crippen molar-refractivity contribution in [3.63, 3.8) is 0 Å². The van der Waals surface area contributed by atoms with Crippen molar-refractivity contribution in [3.05, 3.63) is 89.0 Å². The molecule has 0 spiro atoms. The van der Waals surface area contributed by atoms with Gasteiger partial charge in [-0.3, -0.25) is 14.5 Å². The number of fused-ring (bicyclic) bond motifs is 1.